The van der Waals surface area contributed by atoms with E-state index in [4.69, 9.17) is 4.74 Å². The zero-order valence-corrected chi connectivity index (χ0v) is 11.8. The van der Waals surface area contributed by atoms with Crippen molar-refractivity contribution in [3.05, 3.63) is 0 Å². The summed E-state index contributed by atoms with van der Waals surface area (Å²) in [7, 11) is 1.53. The van der Waals surface area contributed by atoms with Crippen LogP contribution in [0.25, 0.3) is 0 Å². The van der Waals surface area contributed by atoms with Crippen LogP contribution in [-0.2, 0) is 19.1 Å². The number of rotatable bonds is 3. The van der Waals surface area contributed by atoms with Crippen LogP contribution in [-0.4, -0.2) is 59.6 Å². The summed E-state index contributed by atoms with van der Waals surface area (Å²) in [4.78, 5) is 37.1. The lowest BCUT2D eigenvalue weighted by Crippen LogP contribution is -2.46. The predicted octanol–water partition coefficient (Wildman–Crippen LogP) is 0.149. The first-order valence-electron chi connectivity index (χ1n) is 6.86. The van der Waals surface area contributed by atoms with Crippen molar-refractivity contribution in [2.24, 2.45) is 5.10 Å². The van der Waals surface area contributed by atoms with Crippen molar-refractivity contribution >= 4 is 23.5 Å². The molecule has 7 nitrogen and oxygen atoms in total. The Morgan fingerprint density at radius 2 is 2.15 bits per heavy atom. The Bertz CT molecular complexity index is 461. The third-order valence-corrected chi connectivity index (χ3v) is 3.53. The third kappa shape index (κ3) is 2.81. The average molecular weight is 281 g/mol. The predicted molar refractivity (Wildman–Crippen MR) is 70.8 cm³/mol. The number of nitrogens with zero attached hydrogens (tertiary/aromatic N) is 3. The summed E-state index contributed by atoms with van der Waals surface area (Å²) in [5, 5.41) is 5.19. The molecule has 0 radical (unpaired) electrons. The number of hydrogen-bond donors (Lipinski definition) is 0. The van der Waals surface area contributed by atoms with Crippen LogP contribution in [0, 0.1) is 0 Å². The van der Waals surface area contributed by atoms with Crippen molar-refractivity contribution in [2.45, 2.75) is 38.6 Å². The van der Waals surface area contributed by atoms with Gasteiger partial charge in [0, 0.05) is 26.4 Å². The molecule has 0 bridgehead atoms. The van der Waals surface area contributed by atoms with Crippen LogP contribution in [0.2, 0.25) is 0 Å². The van der Waals surface area contributed by atoms with Crippen LogP contribution in [0.1, 0.15) is 32.6 Å². The van der Waals surface area contributed by atoms with Gasteiger partial charge in [-0.1, -0.05) is 0 Å². The smallest absolute Gasteiger partial charge is 0.328 e. The summed E-state index contributed by atoms with van der Waals surface area (Å²) in [5.41, 5.74) is 0.336. The lowest BCUT2D eigenvalue weighted by molar-refractivity contribution is -0.151. The quantitative estimate of drug-likeness (QED) is 0.690. The summed E-state index contributed by atoms with van der Waals surface area (Å²) in [6.45, 7) is 2.57. The van der Waals surface area contributed by atoms with Crippen molar-refractivity contribution in [2.75, 3.05) is 20.2 Å². The number of carbonyl (C=O) groups excluding carboxylic acids is 3. The highest BCUT2D eigenvalue weighted by Gasteiger charge is 2.37. The summed E-state index contributed by atoms with van der Waals surface area (Å²) >= 11 is 0. The van der Waals surface area contributed by atoms with E-state index in [-0.39, 0.29) is 24.2 Å². The monoisotopic (exact) mass is 281 g/mol. The van der Waals surface area contributed by atoms with Crippen LogP contribution >= 0.6 is 0 Å². The largest absolute Gasteiger partial charge is 0.464 e. The number of hydrogen-bond acceptors (Lipinski definition) is 5. The molecule has 0 saturated carbocycles. The van der Waals surface area contributed by atoms with Gasteiger partial charge in [0.2, 0.25) is 5.91 Å². The molecule has 1 unspecified atom stereocenters. The number of carbonyl (C=O) groups is 3. The zero-order chi connectivity index (χ0) is 14.7. The first-order chi connectivity index (χ1) is 9.54. The molecule has 0 aromatic heterocycles. The lowest BCUT2D eigenvalue weighted by atomic mass is 10.1. The van der Waals surface area contributed by atoms with E-state index >= 15 is 0 Å². The molecule has 0 aromatic rings. The van der Waals surface area contributed by atoms with E-state index < -0.39 is 6.04 Å². The van der Waals surface area contributed by atoms with E-state index in [9.17, 15) is 14.4 Å². The van der Waals surface area contributed by atoms with E-state index in [0.29, 0.717) is 31.7 Å². The first kappa shape index (κ1) is 14.5. The van der Waals surface area contributed by atoms with Gasteiger partial charge in [-0.15, -0.1) is 0 Å². The number of esters is 1. The van der Waals surface area contributed by atoms with Gasteiger partial charge >= 0.3 is 5.97 Å². The fourth-order valence-electron chi connectivity index (χ4n) is 2.48. The fraction of sp³-hybridized carbons (Fsp3) is 0.692. The van der Waals surface area contributed by atoms with E-state index in [2.05, 4.69) is 5.10 Å². The Morgan fingerprint density at radius 1 is 1.40 bits per heavy atom. The van der Waals surface area contributed by atoms with E-state index in [1.165, 1.54) is 17.0 Å². The Morgan fingerprint density at radius 3 is 2.80 bits per heavy atom. The SMILES string of the molecule is CCOC(=O)C1CCCN1C(=O)C1=NN(C)C(=O)CC1. The highest BCUT2D eigenvalue weighted by molar-refractivity contribution is 6.39. The molecule has 2 aliphatic heterocycles. The normalized spacial score (nSPS) is 22.8. The van der Waals surface area contributed by atoms with Gasteiger partial charge in [0.05, 0.1) is 6.61 Å². The maximum absolute atomic E-state index is 12.4. The molecule has 2 amide bonds. The highest BCUT2D eigenvalue weighted by Crippen LogP contribution is 2.21. The second kappa shape index (κ2) is 6.02. The average Bonchev–Trinajstić information content (AvgIpc) is 2.90. The van der Waals surface area contributed by atoms with Crippen molar-refractivity contribution in [3.63, 3.8) is 0 Å². The lowest BCUT2D eigenvalue weighted by Gasteiger charge is -2.26. The van der Waals surface area contributed by atoms with Crippen LogP contribution in [0.4, 0.5) is 0 Å². The van der Waals surface area contributed by atoms with Gasteiger partial charge in [0.25, 0.3) is 5.91 Å². The molecule has 1 saturated heterocycles. The minimum Gasteiger partial charge on any atom is -0.464 e. The zero-order valence-electron chi connectivity index (χ0n) is 11.8. The van der Waals surface area contributed by atoms with Crippen LogP contribution in [0.3, 0.4) is 0 Å². The second-order valence-electron chi connectivity index (χ2n) is 4.87. The molecular weight excluding hydrogens is 262 g/mol. The first-order valence-corrected chi connectivity index (χ1v) is 6.86. The van der Waals surface area contributed by atoms with Gasteiger partial charge in [-0.05, 0) is 19.8 Å². The van der Waals surface area contributed by atoms with Gasteiger partial charge in [-0.2, -0.15) is 5.10 Å². The standard InChI is InChI=1S/C13H19N3O4/c1-3-20-13(19)10-5-4-8-16(10)12(18)9-6-7-11(17)15(2)14-9/h10H,3-8H2,1-2H3. The van der Waals surface area contributed by atoms with E-state index in [1.807, 2.05) is 0 Å². The number of likely N-dealkylation sites (tertiary alicyclic amines) is 1. The molecule has 110 valence electrons. The van der Waals surface area contributed by atoms with Gasteiger partial charge in [0.1, 0.15) is 11.8 Å². The summed E-state index contributed by atoms with van der Waals surface area (Å²) < 4.78 is 4.99. The van der Waals surface area contributed by atoms with Gasteiger partial charge in [-0.3, -0.25) is 9.59 Å². The fourth-order valence-corrected chi connectivity index (χ4v) is 2.48. The topological polar surface area (TPSA) is 79.3 Å². The molecule has 2 rings (SSSR count). The molecular formula is C13H19N3O4. The van der Waals surface area contributed by atoms with Crippen LogP contribution in [0.15, 0.2) is 5.10 Å². The highest BCUT2D eigenvalue weighted by atomic mass is 16.5. The minimum atomic E-state index is -0.520. The van der Waals surface area contributed by atoms with Gasteiger partial charge in [-0.25, -0.2) is 9.80 Å². The number of amides is 2. The number of ether oxygens (including phenoxy) is 1. The molecule has 0 aromatic carbocycles. The van der Waals surface area contributed by atoms with E-state index in [0.717, 1.165) is 6.42 Å². The minimum absolute atomic E-state index is 0.107. The van der Waals surface area contributed by atoms with Crippen LogP contribution < -0.4 is 0 Å². The summed E-state index contributed by atoms with van der Waals surface area (Å²) in [6, 6.07) is -0.520. The molecule has 7 heteroatoms. The molecule has 0 N–H and O–H groups in total. The molecule has 0 aliphatic carbocycles. The molecule has 1 fully saturated rings. The molecule has 2 heterocycles. The Balaban J connectivity index is 2.10. The van der Waals surface area contributed by atoms with Crippen molar-refractivity contribution in [1.29, 1.82) is 0 Å². The Labute approximate surface area is 117 Å². The maximum atomic E-state index is 12.4. The van der Waals surface area contributed by atoms with Gasteiger partial charge in [0.15, 0.2) is 0 Å². The molecule has 20 heavy (non-hydrogen) atoms. The maximum Gasteiger partial charge on any atom is 0.328 e. The molecule has 0 spiro atoms. The number of hydrazone groups is 1. The van der Waals surface area contributed by atoms with Gasteiger partial charge < -0.3 is 9.64 Å². The Hall–Kier alpha value is -1.92. The second-order valence-corrected chi connectivity index (χ2v) is 4.87. The Kier molecular flexibility index (Phi) is 4.36. The summed E-state index contributed by atoms with van der Waals surface area (Å²) in [5.74, 6) is -0.732. The van der Waals surface area contributed by atoms with Crippen molar-refractivity contribution in [3.8, 4) is 0 Å². The van der Waals surface area contributed by atoms with Crippen molar-refractivity contribution < 1.29 is 19.1 Å². The van der Waals surface area contributed by atoms with Crippen molar-refractivity contribution in [1.82, 2.24) is 9.91 Å². The van der Waals surface area contributed by atoms with E-state index in [1.54, 1.807) is 6.92 Å². The third-order valence-electron chi connectivity index (χ3n) is 3.53. The molecule has 1 atom stereocenters. The van der Waals surface area contributed by atoms with Crippen LogP contribution in [0.5, 0.6) is 0 Å². The summed E-state index contributed by atoms with van der Waals surface area (Å²) in [6.07, 6.45) is 2.00. The molecule has 2 aliphatic rings.